The Labute approximate surface area is 145 Å². The molecule has 1 aromatic carbocycles. The number of para-hydroxylation sites is 1. The molecule has 4 nitrogen and oxygen atoms in total. The third-order valence-electron chi connectivity index (χ3n) is 4.20. The Bertz CT molecular complexity index is 679. The molecule has 0 aliphatic heterocycles. The Balaban J connectivity index is 2.21. The van der Waals surface area contributed by atoms with Crippen molar-refractivity contribution < 1.29 is 0 Å². The molecule has 0 atom stereocenters. The highest BCUT2D eigenvalue weighted by atomic mass is 15.2. The topological polar surface area (TPSA) is 54.5 Å². The van der Waals surface area contributed by atoms with E-state index in [-0.39, 0.29) is 0 Å². The number of amidine groups is 1. The number of rotatable bonds is 7. The minimum absolute atomic E-state index is 0.727. The Morgan fingerprint density at radius 2 is 1.83 bits per heavy atom. The number of benzene rings is 1. The maximum Gasteiger partial charge on any atom is 0.102 e. The first-order chi connectivity index (χ1) is 11.6. The van der Waals surface area contributed by atoms with Gasteiger partial charge in [0, 0.05) is 12.7 Å². The van der Waals surface area contributed by atoms with Gasteiger partial charge in [0.25, 0.3) is 0 Å². The molecular formula is C20H28N4. The molecule has 0 radical (unpaired) electrons. The Morgan fingerprint density at radius 3 is 2.54 bits per heavy atom. The van der Waals surface area contributed by atoms with E-state index in [1.807, 2.05) is 24.4 Å². The molecule has 0 bridgehead atoms. The van der Waals surface area contributed by atoms with E-state index in [0.717, 1.165) is 49.7 Å². The van der Waals surface area contributed by atoms with Crippen molar-refractivity contribution in [2.75, 3.05) is 13.1 Å². The molecule has 4 heteroatoms. The fourth-order valence-electron chi connectivity index (χ4n) is 2.60. The molecule has 0 fully saturated rings. The molecule has 2 N–H and O–H groups in total. The second-order valence-electron chi connectivity index (χ2n) is 6.13. The molecule has 0 aliphatic carbocycles. The first-order valence-electron chi connectivity index (χ1n) is 8.58. The fraction of sp³-hybridized carbons (Fsp3) is 0.400. The van der Waals surface area contributed by atoms with Crippen molar-refractivity contribution in [1.29, 1.82) is 0 Å². The lowest BCUT2D eigenvalue weighted by atomic mass is 10.2. The number of nitrogens with zero attached hydrogens (tertiary/aromatic N) is 3. The third kappa shape index (κ3) is 5.17. The molecule has 0 unspecified atom stereocenters. The van der Waals surface area contributed by atoms with Gasteiger partial charge < -0.3 is 10.6 Å². The zero-order valence-corrected chi connectivity index (χ0v) is 15.0. The summed E-state index contributed by atoms with van der Waals surface area (Å²) in [5.41, 5.74) is 10.2. The van der Waals surface area contributed by atoms with Crippen LogP contribution in [0.1, 0.15) is 36.6 Å². The summed E-state index contributed by atoms with van der Waals surface area (Å²) in [5.74, 6) is 1.02. The molecule has 128 valence electrons. The van der Waals surface area contributed by atoms with Crippen LogP contribution in [-0.2, 0) is 6.54 Å². The van der Waals surface area contributed by atoms with Crippen LogP contribution in [0.15, 0.2) is 47.6 Å². The second-order valence-corrected chi connectivity index (χ2v) is 6.13. The number of aromatic nitrogens is 1. The normalized spacial score (nSPS) is 11.6. The molecule has 0 saturated heterocycles. The predicted octanol–water partition coefficient (Wildman–Crippen LogP) is 3.99. The molecule has 1 heterocycles. The first kappa shape index (κ1) is 18.1. The minimum Gasteiger partial charge on any atom is -0.354 e. The van der Waals surface area contributed by atoms with Crippen LogP contribution in [-0.4, -0.2) is 28.8 Å². The van der Waals surface area contributed by atoms with E-state index in [1.165, 1.54) is 11.1 Å². The van der Waals surface area contributed by atoms with Gasteiger partial charge in [-0.1, -0.05) is 24.3 Å². The summed E-state index contributed by atoms with van der Waals surface area (Å²) in [6, 6.07) is 12.3. The Hall–Kier alpha value is -2.20. The van der Waals surface area contributed by atoms with Crippen LogP contribution in [0.25, 0.3) is 0 Å². The summed E-state index contributed by atoms with van der Waals surface area (Å²) >= 11 is 0. The van der Waals surface area contributed by atoms with Crippen molar-refractivity contribution in [3.8, 4) is 0 Å². The van der Waals surface area contributed by atoms with Crippen molar-refractivity contribution in [2.45, 2.75) is 40.2 Å². The van der Waals surface area contributed by atoms with Gasteiger partial charge in [0.1, 0.15) is 5.84 Å². The van der Waals surface area contributed by atoms with Gasteiger partial charge in [0.15, 0.2) is 0 Å². The number of nitrogens with two attached hydrogens (primary N) is 1. The van der Waals surface area contributed by atoms with Crippen LogP contribution in [0.3, 0.4) is 0 Å². The number of hydrogen-bond donors (Lipinski definition) is 1. The van der Waals surface area contributed by atoms with E-state index < -0.39 is 0 Å². The highest BCUT2D eigenvalue weighted by Crippen LogP contribution is 2.19. The summed E-state index contributed by atoms with van der Waals surface area (Å²) in [4.78, 5) is 11.7. The largest absolute Gasteiger partial charge is 0.354 e. The summed E-state index contributed by atoms with van der Waals surface area (Å²) in [7, 11) is 0. The van der Waals surface area contributed by atoms with E-state index in [2.05, 4.69) is 48.9 Å². The monoisotopic (exact) mass is 324 g/mol. The van der Waals surface area contributed by atoms with Crippen molar-refractivity contribution in [3.05, 3.63) is 59.4 Å². The summed E-state index contributed by atoms with van der Waals surface area (Å²) in [6.07, 6.45) is 3.94. The average Bonchev–Trinajstić information content (AvgIpc) is 2.58. The zero-order valence-electron chi connectivity index (χ0n) is 15.0. The van der Waals surface area contributed by atoms with Crippen LogP contribution in [0.5, 0.6) is 0 Å². The zero-order chi connectivity index (χ0) is 17.4. The summed E-state index contributed by atoms with van der Waals surface area (Å²) in [6.45, 7) is 8.71. The SMILES string of the molecule is CC(=Nc1ccccc1C)N(CCCCN)Cc1ncccc1C. The highest BCUT2D eigenvalue weighted by molar-refractivity contribution is 5.83. The Morgan fingerprint density at radius 1 is 1.08 bits per heavy atom. The van der Waals surface area contributed by atoms with Crippen molar-refractivity contribution in [3.63, 3.8) is 0 Å². The van der Waals surface area contributed by atoms with E-state index in [1.54, 1.807) is 0 Å². The van der Waals surface area contributed by atoms with Gasteiger partial charge in [-0.25, -0.2) is 4.99 Å². The van der Waals surface area contributed by atoms with Gasteiger partial charge in [-0.2, -0.15) is 0 Å². The molecule has 0 aliphatic rings. The molecule has 0 amide bonds. The third-order valence-corrected chi connectivity index (χ3v) is 4.20. The quantitative estimate of drug-likeness (QED) is 0.476. The predicted molar refractivity (Wildman–Crippen MR) is 102 cm³/mol. The lowest BCUT2D eigenvalue weighted by Crippen LogP contribution is -2.30. The number of aryl methyl sites for hydroxylation is 2. The lowest BCUT2D eigenvalue weighted by molar-refractivity contribution is 0.392. The molecular weight excluding hydrogens is 296 g/mol. The van der Waals surface area contributed by atoms with Gasteiger partial charge in [-0.3, -0.25) is 4.98 Å². The van der Waals surface area contributed by atoms with Crippen LogP contribution < -0.4 is 5.73 Å². The lowest BCUT2D eigenvalue weighted by Gasteiger charge is -2.25. The van der Waals surface area contributed by atoms with Gasteiger partial charge in [-0.05, 0) is 63.4 Å². The molecule has 24 heavy (non-hydrogen) atoms. The van der Waals surface area contributed by atoms with Crippen LogP contribution in [0.4, 0.5) is 5.69 Å². The van der Waals surface area contributed by atoms with Gasteiger partial charge in [0.05, 0.1) is 17.9 Å². The molecule has 2 aromatic rings. The van der Waals surface area contributed by atoms with Crippen LogP contribution in [0, 0.1) is 13.8 Å². The van der Waals surface area contributed by atoms with E-state index >= 15 is 0 Å². The van der Waals surface area contributed by atoms with E-state index in [0.29, 0.717) is 0 Å². The molecule has 0 saturated carbocycles. The highest BCUT2D eigenvalue weighted by Gasteiger charge is 2.11. The van der Waals surface area contributed by atoms with Gasteiger partial charge >= 0.3 is 0 Å². The van der Waals surface area contributed by atoms with E-state index in [9.17, 15) is 0 Å². The smallest absolute Gasteiger partial charge is 0.102 e. The van der Waals surface area contributed by atoms with Crippen LogP contribution in [0.2, 0.25) is 0 Å². The standard InChI is InChI=1S/C20H28N4/c1-16-9-4-5-11-19(16)23-18(3)24(14-7-6-12-21)15-20-17(2)10-8-13-22-20/h4-5,8-11,13H,6-7,12,14-15,21H2,1-3H3. The molecule has 0 spiro atoms. The van der Waals surface area contributed by atoms with Crippen LogP contribution >= 0.6 is 0 Å². The number of unbranched alkanes of at least 4 members (excludes halogenated alkanes) is 1. The summed E-state index contributed by atoms with van der Waals surface area (Å²) in [5, 5.41) is 0. The second kappa shape index (κ2) is 9.18. The number of hydrogen-bond acceptors (Lipinski definition) is 3. The first-order valence-corrected chi connectivity index (χ1v) is 8.58. The maximum absolute atomic E-state index is 5.65. The molecule has 2 rings (SSSR count). The Kier molecular flexibility index (Phi) is 6.94. The minimum atomic E-state index is 0.727. The van der Waals surface area contributed by atoms with Crippen molar-refractivity contribution in [1.82, 2.24) is 9.88 Å². The van der Waals surface area contributed by atoms with Crippen molar-refractivity contribution >= 4 is 11.5 Å². The van der Waals surface area contributed by atoms with Gasteiger partial charge in [-0.15, -0.1) is 0 Å². The maximum atomic E-state index is 5.65. The van der Waals surface area contributed by atoms with Gasteiger partial charge in [0.2, 0.25) is 0 Å². The summed E-state index contributed by atoms with van der Waals surface area (Å²) < 4.78 is 0. The fourth-order valence-corrected chi connectivity index (χ4v) is 2.60. The molecule has 1 aromatic heterocycles. The van der Waals surface area contributed by atoms with Crippen molar-refractivity contribution in [2.24, 2.45) is 10.7 Å². The average molecular weight is 324 g/mol. The van der Waals surface area contributed by atoms with E-state index in [4.69, 9.17) is 10.7 Å². The number of pyridine rings is 1. The number of aliphatic imine (C=N–C) groups is 1.